The molecule has 1 atom stereocenters. The normalized spacial score (nSPS) is 12.2. The number of hydrogen-bond acceptors (Lipinski definition) is 7. The number of methoxy groups -OCH3 is 2. The minimum Gasteiger partial charge on any atom is -0.493 e. The summed E-state index contributed by atoms with van der Waals surface area (Å²) in [5.41, 5.74) is 3.56. The molecule has 0 saturated carbocycles. The van der Waals surface area contributed by atoms with Crippen LogP contribution in [0.2, 0.25) is 5.02 Å². The molecular weight excluding hydrogens is 296 g/mol. The maximum absolute atomic E-state index is 6.20. The number of hydrazine groups is 1. The summed E-state index contributed by atoms with van der Waals surface area (Å²) in [5, 5.41) is 12.3. The minimum absolute atomic E-state index is 0.230. The maximum Gasteiger partial charge on any atom is 0.179 e. The molecule has 0 fully saturated rings. The van der Waals surface area contributed by atoms with Crippen LogP contribution >= 0.6 is 11.6 Å². The molecule has 0 amide bonds. The van der Waals surface area contributed by atoms with Crippen LogP contribution in [-0.4, -0.2) is 34.4 Å². The fraction of sp³-hybridized carbons (Fsp3) is 0.417. The molecule has 21 heavy (non-hydrogen) atoms. The summed E-state index contributed by atoms with van der Waals surface area (Å²) in [6.45, 7) is 0. The van der Waals surface area contributed by atoms with Gasteiger partial charge in [0, 0.05) is 6.42 Å². The molecule has 1 heterocycles. The molecule has 0 aliphatic rings. The Kier molecular flexibility index (Phi) is 4.94. The van der Waals surface area contributed by atoms with E-state index in [0.29, 0.717) is 28.8 Å². The Morgan fingerprint density at radius 1 is 1.38 bits per heavy atom. The molecule has 8 nitrogen and oxygen atoms in total. The van der Waals surface area contributed by atoms with Gasteiger partial charge in [0.15, 0.2) is 17.3 Å². The van der Waals surface area contributed by atoms with Crippen LogP contribution in [0.15, 0.2) is 12.1 Å². The molecule has 114 valence electrons. The highest BCUT2D eigenvalue weighted by Gasteiger charge is 2.18. The lowest BCUT2D eigenvalue weighted by atomic mass is 10.0. The van der Waals surface area contributed by atoms with Crippen LogP contribution < -0.4 is 20.7 Å². The first-order valence-electron chi connectivity index (χ1n) is 6.19. The zero-order chi connectivity index (χ0) is 15.4. The first kappa shape index (κ1) is 15.5. The van der Waals surface area contributed by atoms with Gasteiger partial charge in [0.05, 0.1) is 32.3 Å². The smallest absolute Gasteiger partial charge is 0.179 e. The fourth-order valence-electron chi connectivity index (χ4n) is 2.00. The second-order valence-electron chi connectivity index (χ2n) is 4.36. The highest BCUT2D eigenvalue weighted by atomic mass is 35.5. The maximum atomic E-state index is 6.20. The molecule has 1 aromatic heterocycles. The van der Waals surface area contributed by atoms with Crippen molar-refractivity contribution in [1.82, 2.24) is 25.6 Å². The molecule has 2 aromatic rings. The van der Waals surface area contributed by atoms with E-state index in [2.05, 4.69) is 20.8 Å². The molecular formula is C12H17ClN6O2. The number of halogens is 1. The number of hydrogen-bond donors (Lipinski definition) is 2. The average molecular weight is 313 g/mol. The van der Waals surface area contributed by atoms with E-state index in [9.17, 15) is 0 Å². The van der Waals surface area contributed by atoms with E-state index in [-0.39, 0.29) is 6.04 Å². The van der Waals surface area contributed by atoms with Gasteiger partial charge in [-0.1, -0.05) is 11.6 Å². The molecule has 3 N–H and O–H groups in total. The van der Waals surface area contributed by atoms with Crippen molar-refractivity contribution < 1.29 is 9.47 Å². The summed E-state index contributed by atoms with van der Waals surface area (Å²) in [4.78, 5) is 1.39. The Hall–Kier alpha value is -1.90. The average Bonchev–Trinajstić information content (AvgIpc) is 2.89. The zero-order valence-electron chi connectivity index (χ0n) is 12.0. The van der Waals surface area contributed by atoms with Crippen LogP contribution in [0.4, 0.5) is 0 Å². The quantitative estimate of drug-likeness (QED) is 0.596. The number of nitrogens with zero attached hydrogens (tertiary/aromatic N) is 4. The van der Waals surface area contributed by atoms with E-state index in [0.717, 1.165) is 5.56 Å². The minimum atomic E-state index is -0.230. The molecule has 0 saturated heterocycles. The number of rotatable bonds is 6. The number of benzene rings is 1. The Balaban J connectivity index is 2.31. The van der Waals surface area contributed by atoms with Gasteiger partial charge in [0.2, 0.25) is 0 Å². The summed E-state index contributed by atoms with van der Waals surface area (Å²) in [6, 6.07) is 3.35. The highest BCUT2D eigenvalue weighted by Crippen LogP contribution is 2.37. The van der Waals surface area contributed by atoms with Gasteiger partial charge in [-0.15, -0.1) is 10.2 Å². The Bertz CT molecular complexity index is 618. The number of tetrazole rings is 1. The van der Waals surface area contributed by atoms with Crippen molar-refractivity contribution in [2.75, 3.05) is 14.2 Å². The third-order valence-electron chi connectivity index (χ3n) is 3.00. The van der Waals surface area contributed by atoms with Crippen LogP contribution in [0.3, 0.4) is 0 Å². The van der Waals surface area contributed by atoms with Crippen molar-refractivity contribution in [2.24, 2.45) is 12.9 Å². The lowest BCUT2D eigenvalue weighted by molar-refractivity contribution is 0.354. The zero-order valence-corrected chi connectivity index (χ0v) is 12.8. The summed E-state index contributed by atoms with van der Waals surface area (Å²) >= 11 is 6.20. The van der Waals surface area contributed by atoms with Crippen molar-refractivity contribution in [1.29, 1.82) is 0 Å². The SMILES string of the molecule is COc1cc(C(Cc2nnn(C)n2)NN)cc(Cl)c1OC. The number of nitrogens with two attached hydrogens (primary N) is 1. The summed E-state index contributed by atoms with van der Waals surface area (Å²) in [5.74, 6) is 7.22. The topological polar surface area (TPSA) is 100 Å². The third kappa shape index (κ3) is 3.41. The number of aromatic nitrogens is 4. The second kappa shape index (κ2) is 6.70. The van der Waals surface area contributed by atoms with E-state index < -0.39 is 0 Å². The predicted molar refractivity (Wildman–Crippen MR) is 77.1 cm³/mol. The molecule has 0 aliphatic carbocycles. The Labute approximate surface area is 127 Å². The van der Waals surface area contributed by atoms with Crippen molar-refractivity contribution in [2.45, 2.75) is 12.5 Å². The second-order valence-corrected chi connectivity index (χ2v) is 4.76. The van der Waals surface area contributed by atoms with Crippen LogP contribution in [0.5, 0.6) is 11.5 Å². The van der Waals surface area contributed by atoms with E-state index >= 15 is 0 Å². The largest absolute Gasteiger partial charge is 0.493 e. The molecule has 0 aliphatic heterocycles. The van der Waals surface area contributed by atoms with Gasteiger partial charge in [-0.2, -0.15) is 4.80 Å². The van der Waals surface area contributed by atoms with Gasteiger partial charge < -0.3 is 9.47 Å². The standard InChI is InChI=1S/C12H17ClN6O2/c1-19-17-11(16-18-19)6-9(15-14)7-4-8(13)12(21-3)10(5-7)20-2/h4-5,9,15H,6,14H2,1-3H3. The molecule has 2 rings (SSSR count). The van der Waals surface area contributed by atoms with Crippen molar-refractivity contribution >= 4 is 11.6 Å². The Morgan fingerprint density at radius 3 is 2.67 bits per heavy atom. The first-order chi connectivity index (χ1) is 10.1. The summed E-state index contributed by atoms with van der Waals surface area (Å²) in [6.07, 6.45) is 0.468. The third-order valence-corrected chi connectivity index (χ3v) is 3.28. The van der Waals surface area contributed by atoms with Gasteiger partial charge >= 0.3 is 0 Å². The van der Waals surface area contributed by atoms with Crippen molar-refractivity contribution in [3.63, 3.8) is 0 Å². The van der Waals surface area contributed by atoms with E-state index in [1.54, 1.807) is 20.2 Å². The van der Waals surface area contributed by atoms with E-state index in [1.165, 1.54) is 11.9 Å². The Morgan fingerprint density at radius 2 is 2.14 bits per heavy atom. The van der Waals surface area contributed by atoms with Crippen molar-refractivity contribution in [3.05, 3.63) is 28.5 Å². The van der Waals surface area contributed by atoms with Gasteiger partial charge in [0.25, 0.3) is 0 Å². The first-order valence-corrected chi connectivity index (χ1v) is 6.57. The fourth-order valence-corrected chi connectivity index (χ4v) is 2.30. The van der Waals surface area contributed by atoms with E-state index in [4.69, 9.17) is 26.9 Å². The van der Waals surface area contributed by atoms with Crippen LogP contribution in [0.1, 0.15) is 17.4 Å². The van der Waals surface area contributed by atoms with Gasteiger partial charge in [-0.05, 0) is 22.9 Å². The molecule has 0 spiro atoms. The lowest BCUT2D eigenvalue weighted by Crippen LogP contribution is -2.30. The molecule has 1 unspecified atom stereocenters. The summed E-state index contributed by atoms with van der Waals surface area (Å²) in [7, 11) is 4.78. The lowest BCUT2D eigenvalue weighted by Gasteiger charge is -2.17. The summed E-state index contributed by atoms with van der Waals surface area (Å²) < 4.78 is 10.5. The van der Waals surface area contributed by atoms with Crippen LogP contribution in [0, 0.1) is 0 Å². The van der Waals surface area contributed by atoms with E-state index in [1.807, 2.05) is 6.07 Å². The van der Waals surface area contributed by atoms with Gasteiger partial charge in [0.1, 0.15) is 0 Å². The van der Waals surface area contributed by atoms with Gasteiger partial charge in [-0.3, -0.25) is 11.3 Å². The number of nitrogens with one attached hydrogen (secondary N) is 1. The molecule has 0 radical (unpaired) electrons. The predicted octanol–water partition coefficient (Wildman–Crippen LogP) is 0.628. The van der Waals surface area contributed by atoms with Gasteiger partial charge in [-0.25, -0.2) is 0 Å². The number of aryl methyl sites for hydroxylation is 1. The monoisotopic (exact) mass is 312 g/mol. The molecule has 9 heteroatoms. The van der Waals surface area contributed by atoms with Crippen LogP contribution in [-0.2, 0) is 13.5 Å². The van der Waals surface area contributed by atoms with Crippen LogP contribution in [0.25, 0.3) is 0 Å². The molecule has 0 bridgehead atoms. The number of ether oxygens (including phenoxy) is 2. The van der Waals surface area contributed by atoms with Crippen molar-refractivity contribution in [3.8, 4) is 11.5 Å². The highest BCUT2D eigenvalue weighted by molar-refractivity contribution is 6.32. The molecule has 1 aromatic carbocycles.